The number of nitro benzene ring substituents is 1. The summed E-state index contributed by atoms with van der Waals surface area (Å²) in [6.07, 6.45) is 0. The topological polar surface area (TPSA) is 123 Å². The zero-order valence-corrected chi connectivity index (χ0v) is 18.0. The Balaban J connectivity index is 1.63. The van der Waals surface area contributed by atoms with Crippen LogP contribution in [0.5, 0.6) is 0 Å². The van der Waals surface area contributed by atoms with Crippen LogP contribution >= 0.6 is 11.8 Å². The van der Waals surface area contributed by atoms with Crippen LogP contribution in [0.25, 0.3) is 11.3 Å². The summed E-state index contributed by atoms with van der Waals surface area (Å²) in [7, 11) is -4.40. The van der Waals surface area contributed by atoms with Crippen LogP contribution in [0.15, 0.2) is 99.6 Å². The van der Waals surface area contributed by atoms with E-state index in [1.165, 1.54) is 17.8 Å². The van der Waals surface area contributed by atoms with Crippen LogP contribution in [-0.4, -0.2) is 28.7 Å². The van der Waals surface area contributed by atoms with E-state index in [1.807, 2.05) is 54.6 Å². The van der Waals surface area contributed by atoms with Gasteiger partial charge in [0.2, 0.25) is 9.84 Å². The molecule has 0 bridgehead atoms. The highest BCUT2D eigenvalue weighted by Gasteiger charge is 2.29. The van der Waals surface area contributed by atoms with Crippen molar-refractivity contribution in [1.82, 2.24) is 10.2 Å². The van der Waals surface area contributed by atoms with Crippen molar-refractivity contribution in [1.29, 1.82) is 0 Å². The van der Waals surface area contributed by atoms with Gasteiger partial charge in [-0.3, -0.25) is 20.0 Å². The molecule has 160 valence electrons. The van der Waals surface area contributed by atoms with Crippen LogP contribution in [0.3, 0.4) is 0 Å². The van der Waals surface area contributed by atoms with E-state index in [0.717, 1.165) is 39.6 Å². The monoisotopic (exact) mass is 465 g/mol. The molecule has 0 aliphatic carbocycles. The molecule has 0 aliphatic rings. The van der Waals surface area contributed by atoms with E-state index in [0.29, 0.717) is 5.69 Å². The first-order valence-electron chi connectivity index (χ1n) is 9.28. The molecule has 1 heterocycles. The molecule has 8 nitrogen and oxygen atoms in total. The van der Waals surface area contributed by atoms with Gasteiger partial charge in [-0.25, -0.2) is 8.42 Å². The molecular formula is C22H15N3O5S2. The molecule has 0 atom stereocenters. The molecule has 0 unspecified atom stereocenters. The highest BCUT2D eigenvalue weighted by Crippen LogP contribution is 2.35. The van der Waals surface area contributed by atoms with Gasteiger partial charge in [-0.05, 0) is 36.4 Å². The average molecular weight is 466 g/mol. The van der Waals surface area contributed by atoms with Gasteiger partial charge in [0.25, 0.3) is 10.8 Å². The quantitative estimate of drug-likeness (QED) is 0.322. The van der Waals surface area contributed by atoms with Gasteiger partial charge < -0.3 is 0 Å². The van der Waals surface area contributed by atoms with Crippen molar-refractivity contribution in [2.45, 2.75) is 14.7 Å². The molecule has 0 saturated carbocycles. The zero-order chi connectivity index (χ0) is 22.7. The van der Waals surface area contributed by atoms with Gasteiger partial charge in [0.15, 0.2) is 0 Å². The second-order valence-corrected chi connectivity index (χ2v) is 9.58. The second kappa shape index (κ2) is 8.77. The number of hydrogen-bond donors (Lipinski definition) is 1. The summed E-state index contributed by atoms with van der Waals surface area (Å²) >= 11 is 1.52. The van der Waals surface area contributed by atoms with Crippen LogP contribution in [-0.2, 0) is 9.84 Å². The lowest BCUT2D eigenvalue weighted by Crippen LogP contribution is -2.15. The maximum absolute atomic E-state index is 12.7. The molecule has 0 amide bonds. The highest BCUT2D eigenvalue weighted by atomic mass is 32.2. The fraction of sp³-hybridized carbons (Fsp3) is 0. The minimum Gasteiger partial charge on any atom is -0.274 e. The van der Waals surface area contributed by atoms with Crippen molar-refractivity contribution in [2.75, 3.05) is 0 Å². The predicted octanol–water partition coefficient (Wildman–Crippen LogP) is 4.75. The lowest BCUT2D eigenvalue weighted by atomic mass is 10.1. The molecule has 1 N–H and O–H groups in total. The third-order valence-electron chi connectivity index (χ3n) is 4.53. The summed E-state index contributed by atoms with van der Waals surface area (Å²) in [5, 5.41) is 16.2. The van der Waals surface area contributed by atoms with E-state index in [-0.39, 0.29) is 16.3 Å². The van der Waals surface area contributed by atoms with Gasteiger partial charge in [0.1, 0.15) is 5.69 Å². The number of benzene rings is 3. The van der Waals surface area contributed by atoms with Crippen molar-refractivity contribution < 1.29 is 18.1 Å². The average Bonchev–Trinajstić information content (AvgIpc) is 3.29. The van der Waals surface area contributed by atoms with E-state index in [2.05, 4.69) is 10.2 Å². The first-order valence-corrected chi connectivity index (χ1v) is 11.6. The predicted molar refractivity (Wildman–Crippen MR) is 119 cm³/mol. The van der Waals surface area contributed by atoms with Crippen molar-refractivity contribution in [3.8, 4) is 11.3 Å². The first kappa shape index (κ1) is 21.5. The zero-order valence-electron chi connectivity index (χ0n) is 16.3. The molecule has 0 aliphatic heterocycles. The van der Waals surface area contributed by atoms with E-state index >= 15 is 0 Å². The number of non-ortho nitro benzene ring substituents is 1. The Hall–Kier alpha value is -3.76. The maximum Gasteiger partial charge on any atom is 0.299 e. The Morgan fingerprint density at radius 1 is 0.938 bits per heavy atom. The van der Waals surface area contributed by atoms with Crippen molar-refractivity contribution in [2.24, 2.45) is 0 Å². The molecule has 0 fully saturated rings. The highest BCUT2D eigenvalue weighted by molar-refractivity contribution is 8.06. The molecule has 4 aromatic rings. The van der Waals surface area contributed by atoms with Crippen molar-refractivity contribution >= 4 is 32.4 Å². The number of rotatable bonds is 6. The Bertz CT molecular complexity index is 1400. The molecule has 3 aromatic carbocycles. The summed E-state index contributed by atoms with van der Waals surface area (Å²) in [5.41, 5.74) is 0.696. The summed E-state index contributed by atoms with van der Waals surface area (Å²) < 4.78 is 25.4. The molecule has 0 saturated heterocycles. The fourth-order valence-corrected chi connectivity index (χ4v) is 5.02. The molecule has 4 rings (SSSR count). The van der Waals surface area contributed by atoms with Crippen molar-refractivity contribution in [3.63, 3.8) is 0 Å². The van der Waals surface area contributed by atoms with Gasteiger partial charge in [0, 0.05) is 27.5 Å². The number of nitro groups is 1. The fourth-order valence-electron chi connectivity index (χ4n) is 2.95. The Morgan fingerprint density at radius 2 is 1.59 bits per heavy atom. The van der Waals surface area contributed by atoms with E-state index < -0.39 is 19.9 Å². The smallest absolute Gasteiger partial charge is 0.274 e. The molecule has 10 heteroatoms. The van der Waals surface area contributed by atoms with Crippen LogP contribution in [0.1, 0.15) is 10.5 Å². The molecule has 32 heavy (non-hydrogen) atoms. The largest absolute Gasteiger partial charge is 0.299 e. The summed E-state index contributed by atoms with van der Waals surface area (Å²) in [6.45, 7) is 0. The van der Waals surface area contributed by atoms with Gasteiger partial charge in [-0.1, -0.05) is 48.2 Å². The van der Waals surface area contributed by atoms with E-state index in [1.54, 1.807) is 0 Å². The standard InChI is InChI=1S/C22H15N3O5S2/c26-22(32(29,30)17-12-10-15(11-13-17)25(27)28)20-14-19(23-24-20)18-8-4-5-9-21(18)31-16-6-2-1-3-7-16/h1-14H,(H,23,24). The Morgan fingerprint density at radius 3 is 2.28 bits per heavy atom. The SMILES string of the molecule is O=C(c1cc(-c2ccccc2Sc2ccccc2)n[nH]1)S(=O)(=O)c1ccc([N+](=O)[O-])cc1. The number of nitrogens with zero attached hydrogens (tertiary/aromatic N) is 2. The van der Waals surface area contributed by atoms with Crippen LogP contribution in [0, 0.1) is 10.1 Å². The maximum atomic E-state index is 12.7. The van der Waals surface area contributed by atoms with Gasteiger partial charge in [-0.2, -0.15) is 5.10 Å². The van der Waals surface area contributed by atoms with Crippen LogP contribution in [0.2, 0.25) is 0 Å². The molecule has 0 radical (unpaired) electrons. The van der Waals surface area contributed by atoms with Crippen LogP contribution < -0.4 is 0 Å². The summed E-state index contributed by atoms with van der Waals surface area (Å²) in [5.74, 6) is 0. The summed E-state index contributed by atoms with van der Waals surface area (Å²) in [4.78, 5) is 24.4. The number of H-pyrrole nitrogens is 1. The van der Waals surface area contributed by atoms with Crippen LogP contribution in [0.4, 0.5) is 5.69 Å². The van der Waals surface area contributed by atoms with Crippen molar-refractivity contribution in [3.05, 3.63) is 101 Å². The number of carbonyl (C=O) groups excluding carboxylic acids is 1. The van der Waals surface area contributed by atoms with Gasteiger partial charge in [-0.15, -0.1) is 0 Å². The number of aromatic nitrogens is 2. The minimum atomic E-state index is -4.40. The second-order valence-electron chi connectivity index (χ2n) is 6.62. The third-order valence-corrected chi connectivity index (χ3v) is 7.22. The van der Waals surface area contributed by atoms with E-state index in [4.69, 9.17) is 0 Å². The van der Waals surface area contributed by atoms with E-state index in [9.17, 15) is 23.3 Å². The molecule has 0 spiro atoms. The Labute approximate surface area is 187 Å². The minimum absolute atomic E-state index is 0.196. The lowest BCUT2D eigenvalue weighted by molar-refractivity contribution is -0.384. The van der Waals surface area contributed by atoms with Gasteiger partial charge >= 0.3 is 0 Å². The number of aromatic amines is 1. The molecule has 1 aromatic heterocycles. The number of sulfone groups is 1. The normalized spacial score (nSPS) is 11.2. The number of carbonyl (C=O) groups is 1. The first-order chi connectivity index (χ1) is 15.4. The third kappa shape index (κ3) is 4.32. The lowest BCUT2D eigenvalue weighted by Gasteiger charge is -2.06. The van der Waals surface area contributed by atoms with Gasteiger partial charge in [0.05, 0.1) is 15.5 Å². The molecular weight excluding hydrogens is 450 g/mol. The number of hydrogen-bond acceptors (Lipinski definition) is 7. The number of nitrogens with one attached hydrogen (secondary N) is 1. The summed E-state index contributed by atoms with van der Waals surface area (Å²) in [6, 6.07) is 22.7. The Kier molecular flexibility index (Phi) is 5.89.